The third-order valence-electron chi connectivity index (χ3n) is 6.29. The van der Waals surface area contributed by atoms with Gasteiger partial charge < -0.3 is 14.5 Å². The van der Waals surface area contributed by atoms with Crippen LogP contribution in [-0.4, -0.2) is 47.5 Å². The highest BCUT2D eigenvalue weighted by atomic mass is 35.5. The van der Waals surface area contributed by atoms with Crippen LogP contribution in [0.2, 0.25) is 5.02 Å². The molecule has 2 aliphatic rings. The molecule has 1 saturated heterocycles. The van der Waals surface area contributed by atoms with E-state index in [1.54, 1.807) is 4.90 Å². The molecule has 0 aliphatic carbocycles. The maximum Gasteiger partial charge on any atom is 0.316 e. The van der Waals surface area contributed by atoms with Crippen molar-refractivity contribution < 1.29 is 9.53 Å². The van der Waals surface area contributed by atoms with Crippen LogP contribution in [-0.2, 0) is 17.8 Å². The lowest BCUT2D eigenvalue weighted by atomic mass is 10.0. The van der Waals surface area contributed by atoms with Gasteiger partial charge in [0.25, 0.3) is 0 Å². The van der Waals surface area contributed by atoms with E-state index in [4.69, 9.17) is 21.3 Å². The number of nitrogens with zero attached hydrogens (tertiary/aromatic N) is 4. The highest BCUT2D eigenvalue weighted by Gasteiger charge is 2.28. The van der Waals surface area contributed by atoms with Crippen LogP contribution in [0, 0.1) is 12.8 Å². The molecule has 3 heterocycles. The summed E-state index contributed by atoms with van der Waals surface area (Å²) in [6.07, 6.45) is 1.40. The molecule has 6 nitrogen and oxygen atoms in total. The number of hydrogen-bond acceptors (Lipinski definition) is 5. The highest BCUT2D eigenvalue weighted by molar-refractivity contribution is 6.36. The Morgan fingerprint density at radius 1 is 1.19 bits per heavy atom. The fourth-order valence-corrected chi connectivity index (χ4v) is 4.94. The SMILES string of the molecule is Cc1nc(OCC2CC(=O)N(C)C2)nc2c1CCN(c1cccc3cccc(Cl)c13)C2. The van der Waals surface area contributed by atoms with Gasteiger partial charge in [-0.3, -0.25) is 4.79 Å². The predicted molar refractivity (Wildman–Crippen MR) is 122 cm³/mol. The summed E-state index contributed by atoms with van der Waals surface area (Å²) in [7, 11) is 1.83. The monoisotopic (exact) mass is 436 g/mol. The van der Waals surface area contributed by atoms with Gasteiger partial charge in [-0.15, -0.1) is 0 Å². The highest BCUT2D eigenvalue weighted by Crippen LogP contribution is 2.35. The molecule has 3 aromatic rings. The lowest BCUT2D eigenvalue weighted by molar-refractivity contribution is -0.126. The summed E-state index contributed by atoms with van der Waals surface area (Å²) in [5.41, 5.74) is 4.29. The topological polar surface area (TPSA) is 58.6 Å². The Hall–Kier alpha value is -2.86. The van der Waals surface area contributed by atoms with Gasteiger partial charge in [-0.25, -0.2) is 4.98 Å². The molecule has 1 aromatic heterocycles. The fraction of sp³-hybridized carbons (Fsp3) is 0.375. The zero-order chi connectivity index (χ0) is 21.5. The van der Waals surface area contributed by atoms with E-state index in [2.05, 4.69) is 34.1 Å². The van der Waals surface area contributed by atoms with Crippen LogP contribution in [0.25, 0.3) is 10.8 Å². The van der Waals surface area contributed by atoms with Crippen LogP contribution < -0.4 is 9.64 Å². The van der Waals surface area contributed by atoms with E-state index in [9.17, 15) is 4.79 Å². The van der Waals surface area contributed by atoms with Crippen molar-refractivity contribution >= 4 is 34.0 Å². The normalized spacial score (nSPS) is 18.5. The van der Waals surface area contributed by atoms with Crippen LogP contribution in [0.15, 0.2) is 36.4 Å². The van der Waals surface area contributed by atoms with Crippen molar-refractivity contribution in [1.82, 2.24) is 14.9 Å². The Morgan fingerprint density at radius 3 is 2.77 bits per heavy atom. The van der Waals surface area contributed by atoms with E-state index < -0.39 is 0 Å². The molecule has 0 bridgehead atoms. The number of fused-ring (bicyclic) bond motifs is 2. The summed E-state index contributed by atoms with van der Waals surface area (Å²) >= 11 is 6.56. The lowest BCUT2D eigenvalue weighted by Crippen LogP contribution is -2.32. The molecule has 1 amide bonds. The number of carbonyl (C=O) groups is 1. The molecule has 0 saturated carbocycles. The molecule has 1 unspecified atom stereocenters. The second-order valence-electron chi connectivity index (χ2n) is 8.46. The number of hydrogen-bond donors (Lipinski definition) is 0. The molecule has 2 aromatic carbocycles. The van der Waals surface area contributed by atoms with Gasteiger partial charge in [0.05, 0.1) is 23.9 Å². The number of rotatable bonds is 4. The van der Waals surface area contributed by atoms with Crippen LogP contribution in [0.1, 0.15) is 23.4 Å². The largest absolute Gasteiger partial charge is 0.463 e. The van der Waals surface area contributed by atoms with Gasteiger partial charge in [0.2, 0.25) is 5.91 Å². The minimum absolute atomic E-state index is 0.167. The lowest BCUT2D eigenvalue weighted by Gasteiger charge is -2.31. The zero-order valence-corrected chi connectivity index (χ0v) is 18.5. The van der Waals surface area contributed by atoms with Crippen molar-refractivity contribution in [2.45, 2.75) is 26.3 Å². The summed E-state index contributed by atoms with van der Waals surface area (Å²) < 4.78 is 5.92. The first-order valence-electron chi connectivity index (χ1n) is 10.6. The minimum atomic E-state index is 0.167. The van der Waals surface area contributed by atoms with Crippen molar-refractivity contribution in [1.29, 1.82) is 0 Å². The van der Waals surface area contributed by atoms with Gasteiger partial charge in [0.15, 0.2) is 0 Å². The Labute approximate surface area is 186 Å². The Morgan fingerprint density at radius 2 is 2.00 bits per heavy atom. The first-order chi connectivity index (χ1) is 15.0. The number of benzene rings is 2. The molecular formula is C24H25ClN4O2. The number of carbonyl (C=O) groups excluding carboxylic acids is 1. The first kappa shape index (κ1) is 20.1. The van der Waals surface area contributed by atoms with Crippen molar-refractivity contribution in [2.75, 3.05) is 31.6 Å². The molecule has 1 atom stereocenters. The van der Waals surface area contributed by atoms with Crippen LogP contribution in [0.4, 0.5) is 5.69 Å². The molecule has 0 N–H and O–H groups in total. The van der Waals surface area contributed by atoms with E-state index in [-0.39, 0.29) is 11.8 Å². The maximum atomic E-state index is 11.8. The Bertz CT molecular complexity index is 1160. The predicted octanol–water partition coefficient (Wildman–Crippen LogP) is 4.01. The van der Waals surface area contributed by atoms with E-state index >= 15 is 0 Å². The molecule has 31 heavy (non-hydrogen) atoms. The summed E-state index contributed by atoms with van der Waals surface area (Å²) in [6, 6.07) is 12.7. The molecule has 1 fully saturated rings. The molecule has 0 radical (unpaired) electrons. The average Bonchev–Trinajstić information content (AvgIpc) is 3.09. The van der Waals surface area contributed by atoms with Gasteiger partial charge in [0.1, 0.15) is 0 Å². The summed E-state index contributed by atoms with van der Waals surface area (Å²) in [4.78, 5) is 25.2. The number of anilines is 1. The Balaban J connectivity index is 1.39. The van der Waals surface area contributed by atoms with Gasteiger partial charge in [-0.05, 0) is 36.4 Å². The minimum Gasteiger partial charge on any atom is -0.463 e. The van der Waals surface area contributed by atoms with Gasteiger partial charge >= 0.3 is 6.01 Å². The number of amides is 1. The number of halogens is 1. The van der Waals surface area contributed by atoms with E-state index in [1.807, 2.05) is 26.1 Å². The summed E-state index contributed by atoms with van der Waals surface area (Å²) in [5.74, 6) is 0.354. The average molecular weight is 437 g/mol. The Kier molecular flexibility index (Phi) is 5.18. The number of aromatic nitrogens is 2. The molecule has 160 valence electrons. The van der Waals surface area contributed by atoms with Gasteiger partial charge in [-0.1, -0.05) is 35.9 Å². The number of aryl methyl sites for hydroxylation is 1. The van der Waals surface area contributed by atoms with Crippen molar-refractivity contribution in [3.63, 3.8) is 0 Å². The van der Waals surface area contributed by atoms with Crippen LogP contribution >= 0.6 is 11.6 Å². The van der Waals surface area contributed by atoms with Crippen LogP contribution in [0.5, 0.6) is 6.01 Å². The number of ether oxygens (including phenoxy) is 1. The number of likely N-dealkylation sites (tertiary alicyclic amines) is 1. The summed E-state index contributed by atoms with van der Waals surface area (Å²) in [6.45, 7) is 4.77. The molecule has 0 spiro atoms. The van der Waals surface area contributed by atoms with Crippen molar-refractivity contribution in [3.8, 4) is 6.01 Å². The van der Waals surface area contributed by atoms with E-state index in [0.29, 0.717) is 25.6 Å². The quantitative estimate of drug-likeness (QED) is 0.618. The third kappa shape index (κ3) is 3.81. The molecular weight excluding hydrogens is 412 g/mol. The second kappa shape index (κ2) is 8.00. The van der Waals surface area contributed by atoms with Gasteiger partial charge in [-0.2, -0.15) is 4.98 Å². The molecule has 2 aliphatic heterocycles. The summed E-state index contributed by atoms with van der Waals surface area (Å²) in [5, 5.41) is 2.97. The van der Waals surface area contributed by atoms with E-state index in [0.717, 1.165) is 52.4 Å². The molecule has 7 heteroatoms. The maximum absolute atomic E-state index is 11.8. The second-order valence-corrected chi connectivity index (χ2v) is 8.87. The third-order valence-corrected chi connectivity index (χ3v) is 6.61. The first-order valence-corrected chi connectivity index (χ1v) is 11.0. The fourth-order valence-electron chi connectivity index (χ4n) is 4.66. The van der Waals surface area contributed by atoms with Crippen molar-refractivity contribution in [3.05, 3.63) is 58.4 Å². The molecule has 5 rings (SSSR count). The standard InChI is InChI=1S/C24H25ClN4O2/c1-15-18-9-10-29(21-8-4-6-17-5-3-7-19(25)23(17)21)13-20(18)27-24(26-15)31-14-16-11-22(30)28(2)12-16/h3-8,16H,9-14H2,1-2H3. The zero-order valence-electron chi connectivity index (χ0n) is 17.8. The van der Waals surface area contributed by atoms with Crippen molar-refractivity contribution in [2.24, 2.45) is 5.92 Å². The van der Waals surface area contributed by atoms with E-state index in [1.165, 1.54) is 5.56 Å². The van der Waals surface area contributed by atoms with Gasteiger partial charge in [0, 0.05) is 49.2 Å². The smallest absolute Gasteiger partial charge is 0.316 e. The van der Waals surface area contributed by atoms with Crippen LogP contribution in [0.3, 0.4) is 0 Å².